The number of anilines is 1. The topological polar surface area (TPSA) is 70.2 Å². The molecular formula is C25H38N2O5. The van der Waals surface area contributed by atoms with E-state index in [-0.39, 0.29) is 12.2 Å². The van der Waals surface area contributed by atoms with Crippen LogP contribution in [0.25, 0.3) is 0 Å². The Labute approximate surface area is 191 Å². The molecule has 0 unspecified atom stereocenters. The van der Waals surface area contributed by atoms with Gasteiger partial charge in [0, 0.05) is 43.6 Å². The average Bonchev–Trinajstić information content (AvgIpc) is 3.03. The smallest absolute Gasteiger partial charge is 0.201 e. The van der Waals surface area contributed by atoms with E-state index in [0.717, 1.165) is 44.6 Å². The second-order valence-corrected chi connectivity index (χ2v) is 10.2. The first-order valence-corrected chi connectivity index (χ1v) is 12.3. The van der Waals surface area contributed by atoms with Crippen LogP contribution in [-0.4, -0.2) is 50.2 Å². The number of nitrogens with one attached hydrogen (secondary N) is 2. The van der Waals surface area contributed by atoms with Crippen LogP contribution in [0.2, 0.25) is 0 Å². The van der Waals surface area contributed by atoms with Gasteiger partial charge in [-0.15, -0.1) is 0 Å². The molecule has 6 rings (SSSR count). The molecule has 1 aromatic rings. The van der Waals surface area contributed by atoms with Crippen LogP contribution in [0.4, 0.5) is 5.69 Å². The maximum atomic E-state index is 6.45. The number of para-hydroxylation sites is 1. The largest absolute Gasteiger partial charge is 0.384 e. The Balaban J connectivity index is 1.14. The molecule has 5 aliphatic rings. The zero-order valence-electron chi connectivity index (χ0n) is 19.5. The molecule has 4 heterocycles. The first-order valence-electron chi connectivity index (χ1n) is 12.3. The molecule has 0 radical (unpaired) electrons. The van der Waals surface area contributed by atoms with Crippen LogP contribution in [-0.2, 0) is 24.0 Å². The summed E-state index contributed by atoms with van der Waals surface area (Å²) in [7, 11) is 0. The van der Waals surface area contributed by atoms with E-state index in [0.29, 0.717) is 24.4 Å². The fraction of sp³-hybridized carbons (Fsp3) is 0.760. The molecule has 1 saturated carbocycles. The SMILES string of the molecule is C[C@H]1[C@@H](OCCNCCNc2ccccc2)O[C@@H]2O[C@@]3(C)CC[C@H]4[C@H](C)CC[C@@H]1[C@@]24OO3. The van der Waals surface area contributed by atoms with Crippen LogP contribution in [0.1, 0.15) is 46.5 Å². The molecule has 1 aliphatic carbocycles. The minimum Gasteiger partial charge on any atom is -0.384 e. The van der Waals surface area contributed by atoms with Crippen molar-refractivity contribution in [3.8, 4) is 0 Å². The van der Waals surface area contributed by atoms with E-state index in [1.165, 1.54) is 6.42 Å². The van der Waals surface area contributed by atoms with Crippen molar-refractivity contribution in [3.63, 3.8) is 0 Å². The van der Waals surface area contributed by atoms with E-state index in [2.05, 4.69) is 36.6 Å². The Kier molecular flexibility index (Phi) is 6.49. The van der Waals surface area contributed by atoms with Crippen LogP contribution in [0.5, 0.6) is 0 Å². The molecule has 2 bridgehead atoms. The second kappa shape index (κ2) is 9.20. The number of ether oxygens (including phenoxy) is 3. The van der Waals surface area contributed by atoms with Gasteiger partial charge in [-0.25, -0.2) is 9.78 Å². The fourth-order valence-electron chi connectivity index (χ4n) is 6.29. The lowest BCUT2D eigenvalue weighted by Gasteiger charge is -2.60. The highest BCUT2D eigenvalue weighted by Gasteiger charge is 2.69. The van der Waals surface area contributed by atoms with Crippen LogP contribution in [0.15, 0.2) is 30.3 Å². The van der Waals surface area contributed by atoms with Gasteiger partial charge in [0.1, 0.15) is 0 Å². The van der Waals surface area contributed by atoms with Gasteiger partial charge in [0.05, 0.1) is 6.61 Å². The highest BCUT2D eigenvalue weighted by atomic mass is 17.3. The summed E-state index contributed by atoms with van der Waals surface area (Å²) >= 11 is 0. The molecule has 32 heavy (non-hydrogen) atoms. The standard InChI is InChI=1S/C25H38N2O5/c1-17-9-10-21-18(2)22(28-16-15-26-13-14-27-19-7-5-4-6-8-19)29-23-25(21)20(17)11-12-24(3,30-23)31-32-25/h4-8,17-18,20-23,26-27H,9-16H2,1-3H3/t17-,18-,20+,21+,22+,23-,24-,25-/m1/s1. The molecule has 7 heteroatoms. The van der Waals surface area contributed by atoms with Crippen molar-refractivity contribution in [1.29, 1.82) is 0 Å². The van der Waals surface area contributed by atoms with Gasteiger partial charge in [0.2, 0.25) is 5.79 Å². The van der Waals surface area contributed by atoms with E-state index in [1.54, 1.807) is 0 Å². The quantitative estimate of drug-likeness (QED) is 0.463. The number of fused-ring (bicyclic) bond motifs is 2. The molecule has 178 valence electrons. The molecule has 4 saturated heterocycles. The summed E-state index contributed by atoms with van der Waals surface area (Å²) in [5.74, 6) is 0.741. The van der Waals surface area contributed by atoms with Gasteiger partial charge < -0.3 is 24.8 Å². The summed E-state index contributed by atoms with van der Waals surface area (Å²) in [5, 5.41) is 6.84. The Bertz CT molecular complexity index is 766. The summed E-state index contributed by atoms with van der Waals surface area (Å²) in [6.07, 6.45) is 3.44. The highest BCUT2D eigenvalue weighted by Crippen LogP contribution is 2.60. The third kappa shape index (κ3) is 4.08. The van der Waals surface area contributed by atoms with Crippen LogP contribution >= 0.6 is 0 Å². The predicted octanol–water partition coefficient (Wildman–Crippen LogP) is 3.91. The van der Waals surface area contributed by atoms with Crippen molar-refractivity contribution in [2.24, 2.45) is 23.7 Å². The number of hydrogen-bond donors (Lipinski definition) is 2. The van der Waals surface area contributed by atoms with Crippen LogP contribution in [0, 0.1) is 23.7 Å². The number of hydrogen-bond acceptors (Lipinski definition) is 7. The van der Waals surface area contributed by atoms with Gasteiger partial charge in [-0.05, 0) is 50.2 Å². The van der Waals surface area contributed by atoms with E-state index in [4.69, 9.17) is 24.0 Å². The monoisotopic (exact) mass is 446 g/mol. The van der Waals surface area contributed by atoms with Gasteiger partial charge in [-0.2, -0.15) is 0 Å². The third-order valence-electron chi connectivity index (χ3n) is 8.06. The Morgan fingerprint density at radius 2 is 1.84 bits per heavy atom. The Hall–Kier alpha value is -1.22. The summed E-state index contributed by atoms with van der Waals surface area (Å²) in [6.45, 7) is 9.65. The molecule has 5 fully saturated rings. The van der Waals surface area contributed by atoms with E-state index in [9.17, 15) is 0 Å². The van der Waals surface area contributed by atoms with Gasteiger partial charge in [-0.3, -0.25) is 0 Å². The molecule has 0 amide bonds. The molecule has 4 aliphatic heterocycles. The molecular weight excluding hydrogens is 408 g/mol. The average molecular weight is 447 g/mol. The first kappa shape index (κ1) is 22.6. The van der Waals surface area contributed by atoms with Gasteiger partial charge in [0.25, 0.3) is 0 Å². The van der Waals surface area contributed by atoms with Crippen molar-refractivity contribution < 1.29 is 24.0 Å². The van der Waals surface area contributed by atoms with Gasteiger partial charge >= 0.3 is 0 Å². The summed E-state index contributed by atoms with van der Waals surface area (Å²) < 4.78 is 19.1. The van der Waals surface area contributed by atoms with Gasteiger partial charge in [0.15, 0.2) is 18.2 Å². The molecule has 7 nitrogen and oxygen atoms in total. The first-order chi connectivity index (χ1) is 15.5. The van der Waals surface area contributed by atoms with Crippen molar-refractivity contribution >= 4 is 5.69 Å². The molecule has 8 atom stereocenters. The van der Waals surface area contributed by atoms with Crippen molar-refractivity contribution in [3.05, 3.63) is 30.3 Å². The Morgan fingerprint density at radius 1 is 1.00 bits per heavy atom. The minimum absolute atomic E-state index is 0.218. The normalized spacial score (nSPS) is 42.8. The van der Waals surface area contributed by atoms with Crippen LogP contribution < -0.4 is 10.6 Å². The van der Waals surface area contributed by atoms with Crippen molar-refractivity contribution in [1.82, 2.24) is 5.32 Å². The van der Waals surface area contributed by atoms with E-state index < -0.39 is 17.7 Å². The second-order valence-electron chi connectivity index (χ2n) is 10.2. The maximum absolute atomic E-state index is 6.45. The molecule has 1 spiro atoms. The molecule has 2 N–H and O–H groups in total. The summed E-state index contributed by atoms with van der Waals surface area (Å²) in [5.41, 5.74) is 0.621. The third-order valence-corrected chi connectivity index (χ3v) is 8.06. The molecule has 1 aromatic carbocycles. The zero-order valence-corrected chi connectivity index (χ0v) is 19.5. The Morgan fingerprint density at radius 3 is 2.69 bits per heavy atom. The minimum atomic E-state index is -0.740. The predicted molar refractivity (Wildman–Crippen MR) is 121 cm³/mol. The van der Waals surface area contributed by atoms with Gasteiger partial charge in [-0.1, -0.05) is 32.0 Å². The van der Waals surface area contributed by atoms with Crippen molar-refractivity contribution in [2.45, 2.75) is 70.4 Å². The lowest BCUT2D eigenvalue weighted by atomic mass is 9.58. The zero-order chi connectivity index (χ0) is 22.2. The highest BCUT2D eigenvalue weighted by molar-refractivity contribution is 5.42. The van der Waals surface area contributed by atoms with Crippen molar-refractivity contribution in [2.75, 3.05) is 31.6 Å². The fourth-order valence-corrected chi connectivity index (χ4v) is 6.29. The lowest BCUT2D eigenvalue weighted by molar-refractivity contribution is -0.577. The summed E-state index contributed by atoms with van der Waals surface area (Å²) in [6, 6.07) is 10.2. The number of rotatable bonds is 8. The maximum Gasteiger partial charge on any atom is 0.201 e. The number of benzene rings is 1. The summed E-state index contributed by atoms with van der Waals surface area (Å²) in [4.78, 5) is 12.1. The molecule has 0 aromatic heterocycles. The lowest BCUT2D eigenvalue weighted by Crippen LogP contribution is -2.70. The van der Waals surface area contributed by atoms with Crippen LogP contribution in [0.3, 0.4) is 0 Å². The van der Waals surface area contributed by atoms with E-state index >= 15 is 0 Å². The van der Waals surface area contributed by atoms with E-state index in [1.807, 2.05) is 25.1 Å².